The van der Waals surface area contributed by atoms with Gasteiger partial charge in [-0.05, 0) is 6.92 Å². The number of H-pyrrole nitrogens is 2. The maximum atomic E-state index is 12.5. The number of hydrogen-bond acceptors (Lipinski definition) is 4. The molecule has 1 aromatic carbocycles. The molecule has 0 radical (unpaired) electrons. The van der Waals surface area contributed by atoms with Crippen LogP contribution >= 0.6 is 0 Å². The van der Waals surface area contributed by atoms with Crippen LogP contribution in [-0.4, -0.2) is 21.7 Å². The maximum Gasteiger partial charge on any atom is 0.326 e. The van der Waals surface area contributed by atoms with Crippen molar-refractivity contribution in [2.24, 2.45) is 0 Å². The zero-order valence-electron chi connectivity index (χ0n) is 11.5. The minimum Gasteiger partial charge on any atom is -0.303 e. The van der Waals surface area contributed by atoms with Gasteiger partial charge < -0.3 is 4.98 Å². The second-order valence-corrected chi connectivity index (χ2v) is 4.33. The lowest BCUT2D eigenvalue weighted by molar-refractivity contribution is 0.103. The molecule has 1 aromatic heterocycles. The molecule has 0 spiro atoms. The lowest BCUT2D eigenvalue weighted by Crippen LogP contribution is -2.29. The average Bonchev–Trinajstić information content (AvgIpc) is 2.52. The van der Waals surface area contributed by atoms with Crippen LogP contribution in [0.5, 0.6) is 0 Å². The Kier molecular flexibility index (Phi) is 4.33. The molecule has 0 unspecified atom stereocenters. The van der Waals surface area contributed by atoms with E-state index in [2.05, 4.69) is 10.7 Å². The fourth-order valence-corrected chi connectivity index (χ4v) is 1.93. The van der Waals surface area contributed by atoms with Gasteiger partial charge in [0.2, 0.25) is 5.78 Å². The van der Waals surface area contributed by atoms with Gasteiger partial charge >= 0.3 is 5.69 Å². The summed E-state index contributed by atoms with van der Waals surface area (Å²) in [6.45, 7) is 1.47. The fraction of sp³-hybridized carbons (Fsp3) is 0.0625. The summed E-state index contributed by atoms with van der Waals surface area (Å²) in [6.07, 6.45) is 0. The number of rotatable bonds is 3. The minimum absolute atomic E-state index is 0.0730. The van der Waals surface area contributed by atoms with E-state index in [0.717, 1.165) is 0 Å². The number of hydrogen-bond donors (Lipinski definition) is 2. The SMILES string of the molecule is CC(=C=C=C=O)c1c(C(=O)c2ccccc2)[nH]c(=O)[nH]c1=O. The van der Waals surface area contributed by atoms with E-state index in [9.17, 15) is 19.2 Å². The molecule has 1 heterocycles. The van der Waals surface area contributed by atoms with Crippen LogP contribution in [0.25, 0.3) is 5.57 Å². The monoisotopic (exact) mass is 294 g/mol. The molecule has 2 aromatic rings. The van der Waals surface area contributed by atoms with Crippen molar-refractivity contribution in [1.82, 2.24) is 9.97 Å². The first-order chi connectivity index (χ1) is 10.5. The van der Waals surface area contributed by atoms with Crippen molar-refractivity contribution in [2.75, 3.05) is 0 Å². The summed E-state index contributed by atoms with van der Waals surface area (Å²) < 4.78 is 0. The Labute approximate surface area is 124 Å². The van der Waals surface area contributed by atoms with Gasteiger partial charge in [-0.25, -0.2) is 9.59 Å². The van der Waals surface area contributed by atoms with Gasteiger partial charge in [0.05, 0.1) is 5.56 Å². The lowest BCUT2D eigenvalue weighted by Gasteiger charge is -2.06. The topological polar surface area (TPSA) is 99.9 Å². The molecule has 0 aliphatic rings. The predicted octanol–water partition coefficient (Wildman–Crippen LogP) is 0.839. The number of aromatic nitrogens is 2. The molecule has 6 nitrogen and oxygen atoms in total. The van der Waals surface area contributed by atoms with Crippen molar-refractivity contribution in [3.05, 3.63) is 79.5 Å². The first kappa shape index (κ1) is 15.0. The highest BCUT2D eigenvalue weighted by atomic mass is 16.2. The summed E-state index contributed by atoms with van der Waals surface area (Å²) in [4.78, 5) is 50.5. The summed E-state index contributed by atoms with van der Waals surface area (Å²) in [7, 11) is 0. The minimum atomic E-state index is -0.796. The van der Waals surface area contributed by atoms with Crippen LogP contribution in [0, 0.1) is 0 Å². The van der Waals surface area contributed by atoms with Crippen molar-refractivity contribution in [3.63, 3.8) is 0 Å². The van der Waals surface area contributed by atoms with Crippen molar-refractivity contribution >= 4 is 17.3 Å². The van der Waals surface area contributed by atoms with Crippen LogP contribution in [0.1, 0.15) is 28.5 Å². The Hall–Kier alpha value is -3.42. The van der Waals surface area contributed by atoms with E-state index < -0.39 is 17.0 Å². The molecule has 0 saturated heterocycles. The molecular formula is C16H10N2O4. The van der Waals surface area contributed by atoms with Crippen LogP contribution in [0.4, 0.5) is 0 Å². The molecule has 0 bridgehead atoms. The van der Waals surface area contributed by atoms with Crippen LogP contribution in [0.15, 0.2) is 51.4 Å². The van der Waals surface area contributed by atoms with E-state index in [-0.39, 0.29) is 16.8 Å². The van der Waals surface area contributed by atoms with Gasteiger partial charge in [-0.1, -0.05) is 36.1 Å². The second kappa shape index (κ2) is 6.35. The first-order valence-corrected chi connectivity index (χ1v) is 6.23. The number of aromatic amines is 2. The molecule has 0 aliphatic heterocycles. The zero-order valence-corrected chi connectivity index (χ0v) is 11.5. The standard InChI is InChI=1S/C16H10N2O4/c1-10(6-5-9-19)12-13(17-16(22)18-15(12)21)14(20)11-7-3-2-4-8-11/h2-4,7-8H,1H3,(H2,17,18,21,22). The van der Waals surface area contributed by atoms with Gasteiger partial charge in [0, 0.05) is 16.9 Å². The molecule has 22 heavy (non-hydrogen) atoms. The van der Waals surface area contributed by atoms with E-state index in [1.54, 1.807) is 30.3 Å². The summed E-state index contributed by atoms with van der Waals surface area (Å²) in [6, 6.07) is 8.19. The van der Waals surface area contributed by atoms with Crippen molar-refractivity contribution in [1.29, 1.82) is 0 Å². The Morgan fingerprint density at radius 2 is 1.77 bits per heavy atom. The number of carbonyl (C=O) groups is 1. The molecule has 6 heteroatoms. The average molecular weight is 294 g/mol. The Balaban J connectivity index is 2.79. The summed E-state index contributed by atoms with van der Waals surface area (Å²) in [5.74, 6) is 0.860. The quantitative estimate of drug-likeness (QED) is 0.497. The number of ketones is 1. The molecule has 2 rings (SSSR count). The highest BCUT2D eigenvalue weighted by molar-refractivity contribution is 6.10. The van der Waals surface area contributed by atoms with Crippen LogP contribution in [-0.2, 0) is 4.79 Å². The highest BCUT2D eigenvalue weighted by Gasteiger charge is 2.19. The molecule has 0 aliphatic carbocycles. The Morgan fingerprint density at radius 1 is 1.09 bits per heavy atom. The summed E-state index contributed by atoms with van der Waals surface area (Å²) in [5, 5.41) is 0. The molecule has 108 valence electrons. The van der Waals surface area contributed by atoms with Crippen molar-refractivity contribution in [2.45, 2.75) is 6.92 Å². The van der Waals surface area contributed by atoms with Crippen LogP contribution in [0.3, 0.4) is 0 Å². The van der Waals surface area contributed by atoms with Crippen molar-refractivity contribution < 1.29 is 9.59 Å². The Bertz CT molecular complexity index is 963. The van der Waals surface area contributed by atoms with E-state index in [4.69, 9.17) is 0 Å². The fourth-order valence-electron chi connectivity index (χ4n) is 1.93. The smallest absolute Gasteiger partial charge is 0.303 e. The molecule has 0 amide bonds. The van der Waals surface area contributed by atoms with Gasteiger partial charge in [-0.15, -0.1) is 0 Å². The predicted molar refractivity (Wildman–Crippen MR) is 79.4 cm³/mol. The van der Waals surface area contributed by atoms with E-state index in [0.29, 0.717) is 5.56 Å². The molecule has 0 atom stereocenters. The molecule has 0 fully saturated rings. The van der Waals surface area contributed by atoms with E-state index in [1.807, 2.05) is 10.7 Å². The number of allylic oxidation sites excluding steroid dienone is 1. The van der Waals surface area contributed by atoms with E-state index >= 15 is 0 Å². The first-order valence-electron chi connectivity index (χ1n) is 6.23. The number of carbonyl (C=O) groups excluding carboxylic acids is 2. The number of benzene rings is 1. The lowest BCUT2D eigenvalue weighted by atomic mass is 10.0. The molecular weight excluding hydrogens is 284 g/mol. The highest BCUT2D eigenvalue weighted by Crippen LogP contribution is 2.14. The molecule has 0 saturated carbocycles. The Morgan fingerprint density at radius 3 is 2.41 bits per heavy atom. The third-order valence-corrected chi connectivity index (χ3v) is 2.88. The van der Waals surface area contributed by atoms with Gasteiger partial charge in [-0.3, -0.25) is 14.6 Å². The van der Waals surface area contributed by atoms with Crippen molar-refractivity contribution in [3.8, 4) is 0 Å². The van der Waals surface area contributed by atoms with Gasteiger partial charge in [-0.2, -0.15) is 0 Å². The normalized spacial score (nSPS) is 9.32. The van der Waals surface area contributed by atoms with Gasteiger partial charge in [0.1, 0.15) is 5.69 Å². The third-order valence-electron chi connectivity index (χ3n) is 2.88. The summed E-state index contributed by atoms with van der Waals surface area (Å²) in [5.41, 5.74) is 3.16. The van der Waals surface area contributed by atoms with Gasteiger partial charge in [0.15, 0.2) is 5.94 Å². The zero-order chi connectivity index (χ0) is 16.1. The van der Waals surface area contributed by atoms with E-state index in [1.165, 1.54) is 12.9 Å². The van der Waals surface area contributed by atoms with Crippen LogP contribution in [0.2, 0.25) is 0 Å². The largest absolute Gasteiger partial charge is 0.326 e. The molecule has 2 N–H and O–H groups in total. The maximum absolute atomic E-state index is 12.5. The van der Waals surface area contributed by atoms with Crippen LogP contribution < -0.4 is 11.2 Å². The third kappa shape index (κ3) is 3.01. The number of nitrogens with one attached hydrogen (secondary N) is 2. The summed E-state index contributed by atoms with van der Waals surface area (Å²) >= 11 is 0. The van der Waals surface area contributed by atoms with Gasteiger partial charge in [0.25, 0.3) is 5.56 Å². The second-order valence-electron chi connectivity index (χ2n) is 4.33.